The number of fused-ring (bicyclic) bond motifs is 20. The third kappa shape index (κ3) is 11.1. The van der Waals surface area contributed by atoms with E-state index in [1.165, 1.54) is 201 Å². The first-order chi connectivity index (χ1) is 59.4. The Morgan fingerprint density at radius 1 is 0.200 bits per heavy atom. The Morgan fingerprint density at radius 3 is 1.05 bits per heavy atom. The predicted molar refractivity (Wildman–Crippen MR) is 514 cm³/mol. The molecule has 0 amide bonds. The standard InChI is InChI=1S/C36H25BN2.3C25H18BN/c1-4-14-26(15-5-1)38(27-16-6-2-7-17-27)33-24-12-20-29-30-21-13-25-34-36(30)37(35(29)33)31-22-10-11-23-32(31)39(34)28-18-8-3-9-19-28;1-17-15-20-19-11-5-6-12-21(19)26-22-13-7-8-14-23(22)27(24(16-17)25(20)26)18-9-3-2-4-10-18;1-17-15-16-20-19-11-5-6-12-21(19)26-22-13-7-8-14-23(22)27(25(17)24(20)26)18-9-3-2-4-10-18;1-17-15-16-23-25-24(17)19-11-5-6-12-20(19)26(25)21-13-7-8-14-22(21)27(23)18-9-3-2-4-10-18/h1-25H;3*2-16H,1H3. The zero-order chi connectivity index (χ0) is 79.6. The summed E-state index contributed by atoms with van der Waals surface area (Å²) in [5.74, 6) is 0. The van der Waals surface area contributed by atoms with Crippen molar-refractivity contribution in [3.63, 3.8) is 0 Å². The molecule has 560 valence electrons. The summed E-state index contributed by atoms with van der Waals surface area (Å²) >= 11 is 0. The van der Waals surface area contributed by atoms with Crippen LogP contribution in [-0.2, 0) is 0 Å². The summed E-state index contributed by atoms with van der Waals surface area (Å²) in [7, 11) is 0. The Morgan fingerprint density at radius 2 is 0.533 bits per heavy atom. The molecule has 0 saturated heterocycles. The molecule has 26 rings (SSSR count). The van der Waals surface area contributed by atoms with Gasteiger partial charge >= 0.3 is 0 Å². The van der Waals surface area contributed by atoms with Gasteiger partial charge in [0.15, 0.2) is 0 Å². The first-order valence-electron chi connectivity index (χ1n) is 42.0. The van der Waals surface area contributed by atoms with Crippen molar-refractivity contribution in [3.05, 3.63) is 441 Å². The number of aryl methyl sites for hydroxylation is 3. The van der Waals surface area contributed by atoms with Gasteiger partial charge in [0.2, 0.25) is 20.1 Å². The van der Waals surface area contributed by atoms with Crippen LogP contribution >= 0.6 is 0 Å². The smallest absolute Gasteiger partial charge is 0.251 e. The maximum absolute atomic E-state index is 2.45. The van der Waals surface area contributed by atoms with Gasteiger partial charge in [0, 0.05) is 85.3 Å². The molecule has 0 saturated carbocycles. The topological polar surface area (TPSA) is 16.2 Å². The van der Waals surface area contributed by atoms with Crippen molar-refractivity contribution in [1.29, 1.82) is 0 Å². The van der Waals surface area contributed by atoms with Gasteiger partial charge in [-0.15, -0.1) is 0 Å². The van der Waals surface area contributed by atoms with E-state index in [1.54, 1.807) is 0 Å². The van der Waals surface area contributed by atoms with Crippen LogP contribution in [0.5, 0.6) is 0 Å². The number of benzene rings is 18. The van der Waals surface area contributed by atoms with Crippen LogP contribution in [0, 0.1) is 20.8 Å². The highest BCUT2D eigenvalue weighted by Gasteiger charge is 2.48. The van der Waals surface area contributed by atoms with Gasteiger partial charge in [0.25, 0.3) is 6.71 Å². The Labute approximate surface area is 704 Å². The molecule has 18 aromatic carbocycles. The lowest BCUT2D eigenvalue weighted by molar-refractivity contribution is 1.26. The molecule has 0 atom stereocenters. The van der Waals surface area contributed by atoms with E-state index in [-0.39, 0.29) is 6.71 Å². The monoisotopic (exact) mass is 1530 g/mol. The van der Waals surface area contributed by atoms with Crippen LogP contribution in [0.15, 0.2) is 425 Å². The molecule has 0 aliphatic carbocycles. The summed E-state index contributed by atoms with van der Waals surface area (Å²) in [6.07, 6.45) is 0. The van der Waals surface area contributed by atoms with E-state index < -0.39 is 0 Å². The molecule has 0 unspecified atom stereocenters. The maximum atomic E-state index is 2.45. The fourth-order valence-corrected chi connectivity index (χ4v) is 21.3. The fraction of sp³-hybridized carbons (Fsp3) is 0.0270. The molecule has 18 aromatic rings. The average molecular weight is 1530 g/mol. The van der Waals surface area contributed by atoms with Crippen LogP contribution in [-0.4, -0.2) is 26.9 Å². The largest absolute Gasteiger partial charge is 0.312 e. The van der Waals surface area contributed by atoms with E-state index in [1.807, 2.05) is 0 Å². The lowest BCUT2D eigenvalue weighted by atomic mass is 9.36. The zero-order valence-corrected chi connectivity index (χ0v) is 67.0. The van der Waals surface area contributed by atoms with Crippen molar-refractivity contribution in [2.75, 3.05) is 24.5 Å². The summed E-state index contributed by atoms with van der Waals surface area (Å²) in [6, 6.07) is 154. The molecule has 0 bridgehead atoms. The van der Waals surface area contributed by atoms with E-state index in [0.29, 0.717) is 20.1 Å². The quantitative estimate of drug-likeness (QED) is 0.147. The second kappa shape index (κ2) is 28.8. The summed E-state index contributed by atoms with van der Waals surface area (Å²) in [5.41, 5.74) is 50.6. The van der Waals surface area contributed by atoms with Gasteiger partial charge in [-0.3, -0.25) is 0 Å². The molecule has 0 N–H and O–H groups in total. The Bertz CT molecular complexity index is 7000. The second-order valence-electron chi connectivity index (χ2n) is 32.5. The second-order valence-corrected chi connectivity index (χ2v) is 32.5. The summed E-state index contributed by atoms with van der Waals surface area (Å²) in [4.78, 5) is 12.2. The molecule has 120 heavy (non-hydrogen) atoms. The number of hydrogen-bond donors (Lipinski definition) is 0. The summed E-state index contributed by atoms with van der Waals surface area (Å²) < 4.78 is 0. The van der Waals surface area contributed by atoms with Gasteiger partial charge in [0.1, 0.15) is 0 Å². The van der Waals surface area contributed by atoms with Crippen LogP contribution in [0.4, 0.5) is 85.3 Å². The van der Waals surface area contributed by atoms with E-state index in [9.17, 15) is 0 Å². The minimum atomic E-state index is 0.147. The van der Waals surface area contributed by atoms with Gasteiger partial charge in [-0.05, 0) is 252 Å². The SMILES string of the molecule is Cc1cc2c3c(c1)N(c1ccccc1)c1ccccc1B3c1ccccc1-2.Cc1ccc2c3c1-c1ccccc1B3c1ccccc1N2c1ccccc1.Cc1ccc2c3c1N(c1ccccc1)c1ccccc1B3c1ccccc1-2.c1ccc(N(c2ccccc2)c2cccc3c2B2c4ccccc4N(c4ccccc4)c4cccc-3c42)cc1. The van der Waals surface area contributed by atoms with Gasteiger partial charge in [0.05, 0.1) is 0 Å². The minimum absolute atomic E-state index is 0.147. The molecule has 8 aliphatic heterocycles. The predicted octanol–water partition coefficient (Wildman–Crippen LogP) is 20.3. The van der Waals surface area contributed by atoms with Crippen molar-refractivity contribution < 1.29 is 0 Å². The minimum Gasteiger partial charge on any atom is -0.312 e. The average Bonchev–Trinajstić information content (AvgIpc) is 1.57. The normalized spacial score (nSPS) is 13.0. The molecular weight excluding hydrogens is 1450 g/mol. The van der Waals surface area contributed by atoms with Crippen LogP contribution in [0.3, 0.4) is 0 Å². The third-order valence-electron chi connectivity index (χ3n) is 25.9. The molecule has 5 nitrogen and oxygen atoms in total. The number of nitrogens with zero attached hydrogens (tertiary/aromatic N) is 5. The molecule has 8 heterocycles. The lowest BCUT2D eigenvalue weighted by Crippen LogP contribution is -2.55. The summed E-state index contributed by atoms with van der Waals surface area (Å²) in [6.45, 7) is 7.79. The number of hydrogen-bond acceptors (Lipinski definition) is 5. The van der Waals surface area contributed by atoms with Crippen LogP contribution in [0.2, 0.25) is 0 Å². The van der Waals surface area contributed by atoms with Crippen LogP contribution in [0.1, 0.15) is 16.7 Å². The van der Waals surface area contributed by atoms with Crippen molar-refractivity contribution in [3.8, 4) is 44.5 Å². The van der Waals surface area contributed by atoms with Crippen molar-refractivity contribution >= 4 is 178 Å². The highest BCUT2D eigenvalue weighted by molar-refractivity contribution is 7.04. The van der Waals surface area contributed by atoms with Crippen molar-refractivity contribution in [1.82, 2.24) is 0 Å². The number of rotatable bonds is 7. The van der Waals surface area contributed by atoms with Crippen molar-refractivity contribution in [2.45, 2.75) is 20.8 Å². The highest BCUT2D eigenvalue weighted by atomic mass is 15.2. The summed E-state index contributed by atoms with van der Waals surface area (Å²) in [5, 5.41) is 0. The first kappa shape index (κ1) is 70.6. The Hall–Kier alpha value is -14.8. The molecular formula is C111H79B4N5. The zero-order valence-electron chi connectivity index (χ0n) is 67.0. The molecule has 9 heteroatoms. The van der Waals surface area contributed by atoms with E-state index in [2.05, 4.69) is 470 Å². The van der Waals surface area contributed by atoms with E-state index in [0.717, 1.165) is 11.4 Å². The van der Waals surface area contributed by atoms with Gasteiger partial charge in [-0.2, -0.15) is 0 Å². The molecule has 8 aliphatic rings. The molecule has 0 fully saturated rings. The van der Waals surface area contributed by atoms with Gasteiger partial charge in [-0.25, -0.2) is 0 Å². The van der Waals surface area contributed by atoms with Crippen molar-refractivity contribution in [2.24, 2.45) is 0 Å². The molecule has 0 radical (unpaired) electrons. The van der Waals surface area contributed by atoms with E-state index in [4.69, 9.17) is 0 Å². The van der Waals surface area contributed by atoms with Gasteiger partial charge in [-0.1, -0.05) is 320 Å². The fourth-order valence-electron chi connectivity index (χ4n) is 21.3. The lowest BCUT2D eigenvalue weighted by Gasteiger charge is -2.37. The number of para-hydroxylation sites is 10. The van der Waals surface area contributed by atoms with Gasteiger partial charge < -0.3 is 24.5 Å². The Balaban J connectivity index is 0.0000000947. The first-order valence-corrected chi connectivity index (χ1v) is 42.0. The molecule has 0 aromatic heterocycles. The highest BCUT2D eigenvalue weighted by Crippen LogP contribution is 2.48. The number of anilines is 15. The molecule has 0 spiro atoms. The van der Waals surface area contributed by atoms with Crippen LogP contribution < -0.4 is 90.1 Å². The van der Waals surface area contributed by atoms with Crippen LogP contribution in [0.25, 0.3) is 44.5 Å². The van der Waals surface area contributed by atoms with E-state index >= 15 is 0 Å². The third-order valence-corrected chi connectivity index (χ3v) is 25.9. The Kier molecular flexibility index (Phi) is 17.0. The maximum Gasteiger partial charge on any atom is 0.251 e.